The van der Waals surface area contributed by atoms with Crippen LogP contribution in [0.1, 0.15) is 18.4 Å². The van der Waals surface area contributed by atoms with Crippen LogP contribution in [0.2, 0.25) is 0 Å². The Morgan fingerprint density at radius 3 is 2.64 bits per heavy atom. The summed E-state index contributed by atoms with van der Waals surface area (Å²) in [7, 11) is 0. The van der Waals surface area contributed by atoms with Gasteiger partial charge in [0.15, 0.2) is 0 Å². The minimum Gasteiger partial charge on any atom is -0.312 e. The fourth-order valence-electron chi connectivity index (χ4n) is 1.53. The van der Waals surface area contributed by atoms with E-state index >= 15 is 0 Å². The van der Waals surface area contributed by atoms with Crippen LogP contribution in [-0.2, 0) is 0 Å². The molecular weight excluding hydrogens is 170 g/mol. The summed E-state index contributed by atoms with van der Waals surface area (Å²) in [5.41, 5.74) is 2.43. The second-order valence-electron chi connectivity index (χ2n) is 4.04. The second-order valence-corrected chi connectivity index (χ2v) is 4.04. The van der Waals surface area contributed by atoms with E-state index in [0.717, 1.165) is 19.0 Å². The fraction of sp³-hybridized carbons (Fsp3) is 0.385. The van der Waals surface area contributed by atoms with Gasteiger partial charge in [0.2, 0.25) is 0 Å². The standard InChI is InChI=1S/C13H17N/c1-11(9-14-10-12-7-8-12)13-5-3-2-4-6-13/h2-6,12,14H,1,7-10H2. The molecule has 1 heteroatoms. The molecule has 0 aromatic heterocycles. The molecule has 0 amide bonds. The van der Waals surface area contributed by atoms with Crippen molar-refractivity contribution in [1.29, 1.82) is 0 Å². The van der Waals surface area contributed by atoms with Crippen LogP contribution in [-0.4, -0.2) is 13.1 Å². The summed E-state index contributed by atoms with van der Waals surface area (Å²) >= 11 is 0. The Labute approximate surface area is 85.8 Å². The lowest BCUT2D eigenvalue weighted by Gasteiger charge is -2.06. The van der Waals surface area contributed by atoms with Crippen molar-refractivity contribution >= 4 is 5.57 Å². The molecule has 0 bridgehead atoms. The molecule has 0 spiro atoms. The van der Waals surface area contributed by atoms with Crippen LogP contribution in [0.25, 0.3) is 5.57 Å². The first-order valence-electron chi connectivity index (χ1n) is 5.30. The molecule has 0 radical (unpaired) electrons. The van der Waals surface area contributed by atoms with Crippen LogP contribution in [0.15, 0.2) is 36.9 Å². The van der Waals surface area contributed by atoms with E-state index < -0.39 is 0 Å². The first-order valence-corrected chi connectivity index (χ1v) is 5.30. The van der Waals surface area contributed by atoms with Crippen molar-refractivity contribution in [3.8, 4) is 0 Å². The highest BCUT2D eigenvalue weighted by molar-refractivity contribution is 5.64. The highest BCUT2D eigenvalue weighted by Crippen LogP contribution is 2.27. The van der Waals surface area contributed by atoms with Gasteiger partial charge in [-0.1, -0.05) is 36.9 Å². The van der Waals surface area contributed by atoms with Gasteiger partial charge in [-0.2, -0.15) is 0 Å². The summed E-state index contributed by atoms with van der Waals surface area (Å²) in [6.45, 7) is 6.16. The maximum Gasteiger partial charge on any atom is 0.0205 e. The summed E-state index contributed by atoms with van der Waals surface area (Å²) in [6, 6.07) is 10.4. The quantitative estimate of drug-likeness (QED) is 0.747. The molecule has 1 aliphatic carbocycles. The molecule has 1 aromatic carbocycles. The van der Waals surface area contributed by atoms with Crippen molar-refractivity contribution in [1.82, 2.24) is 5.32 Å². The van der Waals surface area contributed by atoms with Crippen LogP contribution in [0, 0.1) is 5.92 Å². The van der Waals surface area contributed by atoms with E-state index in [1.165, 1.54) is 24.0 Å². The van der Waals surface area contributed by atoms with Gasteiger partial charge in [0.1, 0.15) is 0 Å². The number of hydrogen-bond acceptors (Lipinski definition) is 1. The van der Waals surface area contributed by atoms with Crippen LogP contribution >= 0.6 is 0 Å². The fourth-order valence-corrected chi connectivity index (χ4v) is 1.53. The van der Waals surface area contributed by atoms with E-state index in [-0.39, 0.29) is 0 Å². The van der Waals surface area contributed by atoms with Crippen LogP contribution in [0.5, 0.6) is 0 Å². The Balaban J connectivity index is 1.77. The first kappa shape index (κ1) is 9.47. The third-order valence-electron chi connectivity index (χ3n) is 2.65. The zero-order valence-corrected chi connectivity index (χ0v) is 8.50. The van der Waals surface area contributed by atoms with Gasteiger partial charge in [-0.05, 0) is 36.4 Å². The monoisotopic (exact) mass is 187 g/mol. The third kappa shape index (κ3) is 2.71. The Morgan fingerprint density at radius 2 is 2.00 bits per heavy atom. The maximum atomic E-state index is 4.08. The third-order valence-corrected chi connectivity index (χ3v) is 2.65. The second kappa shape index (κ2) is 4.43. The molecule has 2 rings (SSSR count). The van der Waals surface area contributed by atoms with Crippen molar-refractivity contribution in [2.24, 2.45) is 5.92 Å². The molecule has 0 unspecified atom stereocenters. The van der Waals surface area contributed by atoms with E-state index in [4.69, 9.17) is 0 Å². The summed E-state index contributed by atoms with van der Waals surface area (Å²) in [5.74, 6) is 0.943. The smallest absolute Gasteiger partial charge is 0.0205 e. The molecular formula is C13H17N. The normalized spacial score (nSPS) is 15.4. The minimum absolute atomic E-state index is 0.917. The lowest BCUT2D eigenvalue weighted by Crippen LogP contribution is -2.18. The van der Waals surface area contributed by atoms with Gasteiger partial charge in [-0.15, -0.1) is 0 Å². The van der Waals surface area contributed by atoms with E-state index in [9.17, 15) is 0 Å². The average molecular weight is 187 g/mol. The van der Waals surface area contributed by atoms with Gasteiger partial charge in [-0.3, -0.25) is 0 Å². The predicted octanol–water partition coefficient (Wildman–Crippen LogP) is 2.70. The molecule has 1 fully saturated rings. The van der Waals surface area contributed by atoms with Gasteiger partial charge in [0.05, 0.1) is 0 Å². The lowest BCUT2D eigenvalue weighted by molar-refractivity contribution is 0.688. The Morgan fingerprint density at radius 1 is 1.29 bits per heavy atom. The summed E-state index contributed by atoms with van der Waals surface area (Å²) in [5, 5.41) is 3.45. The van der Waals surface area contributed by atoms with E-state index in [2.05, 4.69) is 36.2 Å². The molecule has 0 atom stereocenters. The van der Waals surface area contributed by atoms with E-state index in [1.54, 1.807) is 0 Å². The molecule has 0 aliphatic heterocycles. The predicted molar refractivity (Wildman–Crippen MR) is 61.1 cm³/mol. The van der Waals surface area contributed by atoms with Crippen molar-refractivity contribution in [3.63, 3.8) is 0 Å². The molecule has 0 saturated heterocycles. The van der Waals surface area contributed by atoms with Crippen LogP contribution < -0.4 is 5.32 Å². The molecule has 1 nitrogen and oxygen atoms in total. The van der Waals surface area contributed by atoms with Gasteiger partial charge in [-0.25, -0.2) is 0 Å². The van der Waals surface area contributed by atoms with Gasteiger partial charge in [0, 0.05) is 6.54 Å². The number of hydrogen-bond donors (Lipinski definition) is 1. The molecule has 14 heavy (non-hydrogen) atoms. The average Bonchev–Trinajstić information content (AvgIpc) is 3.03. The molecule has 1 aromatic rings. The van der Waals surface area contributed by atoms with E-state index in [0.29, 0.717) is 0 Å². The molecule has 1 N–H and O–H groups in total. The van der Waals surface area contributed by atoms with Gasteiger partial charge in [0.25, 0.3) is 0 Å². The first-order chi connectivity index (χ1) is 6.86. The summed E-state index contributed by atoms with van der Waals surface area (Å²) < 4.78 is 0. The maximum absolute atomic E-state index is 4.08. The zero-order chi connectivity index (χ0) is 9.80. The van der Waals surface area contributed by atoms with Crippen molar-refractivity contribution in [3.05, 3.63) is 42.5 Å². The van der Waals surface area contributed by atoms with Crippen LogP contribution in [0.3, 0.4) is 0 Å². The molecule has 0 heterocycles. The number of rotatable bonds is 5. The molecule has 74 valence electrons. The van der Waals surface area contributed by atoms with Crippen molar-refractivity contribution in [2.45, 2.75) is 12.8 Å². The van der Waals surface area contributed by atoms with Crippen LogP contribution in [0.4, 0.5) is 0 Å². The van der Waals surface area contributed by atoms with Crippen molar-refractivity contribution in [2.75, 3.05) is 13.1 Å². The summed E-state index contributed by atoms with van der Waals surface area (Å²) in [6.07, 6.45) is 2.82. The highest BCUT2D eigenvalue weighted by atomic mass is 14.9. The van der Waals surface area contributed by atoms with Crippen molar-refractivity contribution < 1.29 is 0 Å². The topological polar surface area (TPSA) is 12.0 Å². The minimum atomic E-state index is 0.917. The zero-order valence-electron chi connectivity index (χ0n) is 8.50. The SMILES string of the molecule is C=C(CNCC1CC1)c1ccccc1. The molecule has 1 saturated carbocycles. The number of nitrogens with one attached hydrogen (secondary N) is 1. The number of benzene rings is 1. The summed E-state index contributed by atoms with van der Waals surface area (Å²) in [4.78, 5) is 0. The van der Waals surface area contributed by atoms with Gasteiger partial charge < -0.3 is 5.32 Å². The largest absolute Gasteiger partial charge is 0.312 e. The van der Waals surface area contributed by atoms with E-state index in [1.807, 2.05) is 6.07 Å². The Hall–Kier alpha value is -1.08. The Bertz CT molecular complexity index is 298. The lowest BCUT2D eigenvalue weighted by atomic mass is 10.1. The highest BCUT2D eigenvalue weighted by Gasteiger charge is 2.20. The molecule has 1 aliphatic rings. The van der Waals surface area contributed by atoms with Gasteiger partial charge >= 0.3 is 0 Å². The Kier molecular flexibility index (Phi) is 3.00.